The third kappa shape index (κ3) is 4.92. The average molecular weight is 475 g/mol. The molecule has 1 saturated carbocycles. The number of rotatable bonds is 4. The second-order valence-corrected chi connectivity index (χ2v) is 9.42. The van der Waals surface area contributed by atoms with E-state index in [1.165, 1.54) is 0 Å². The van der Waals surface area contributed by atoms with E-state index in [1.54, 1.807) is 43.9 Å². The fourth-order valence-electron chi connectivity index (χ4n) is 5.00. The average Bonchev–Trinajstić information content (AvgIpc) is 3.74. The number of hydrogen-bond acceptors (Lipinski definition) is 4. The maximum atomic E-state index is 13.0. The Hall–Kier alpha value is -3.68. The van der Waals surface area contributed by atoms with E-state index in [-0.39, 0.29) is 35.5 Å². The van der Waals surface area contributed by atoms with Crippen LogP contribution >= 0.6 is 0 Å². The molecular formula is C27H30N4O4. The molecule has 182 valence electrons. The molecule has 2 unspecified atom stereocenters. The van der Waals surface area contributed by atoms with Crippen LogP contribution in [0.25, 0.3) is 0 Å². The molecule has 2 aromatic carbocycles. The largest absolute Gasteiger partial charge is 0.339 e. The molecule has 5 rings (SSSR count). The van der Waals surface area contributed by atoms with E-state index >= 15 is 0 Å². The van der Waals surface area contributed by atoms with Gasteiger partial charge in [-0.2, -0.15) is 0 Å². The predicted molar refractivity (Wildman–Crippen MR) is 129 cm³/mol. The Kier molecular flexibility index (Phi) is 6.53. The number of carbonyl (C=O) groups is 4. The number of piperazine rings is 2. The Bertz CT molecular complexity index is 1000. The highest BCUT2D eigenvalue weighted by molar-refractivity contribution is 5.96. The second-order valence-electron chi connectivity index (χ2n) is 9.42. The summed E-state index contributed by atoms with van der Waals surface area (Å²) in [6.45, 7) is 3.99. The number of carbonyl (C=O) groups excluding carboxylic acids is 4. The van der Waals surface area contributed by atoms with E-state index < -0.39 is 0 Å². The minimum absolute atomic E-state index is 0.0120. The van der Waals surface area contributed by atoms with Gasteiger partial charge in [-0.1, -0.05) is 36.4 Å². The molecule has 2 atom stereocenters. The van der Waals surface area contributed by atoms with Crippen LogP contribution in [0, 0.1) is 11.8 Å². The van der Waals surface area contributed by atoms with Crippen molar-refractivity contribution in [2.45, 2.75) is 6.42 Å². The lowest BCUT2D eigenvalue weighted by molar-refractivity contribution is -0.139. The molecule has 2 heterocycles. The zero-order chi connectivity index (χ0) is 24.4. The number of nitrogens with zero attached hydrogens (tertiary/aromatic N) is 4. The van der Waals surface area contributed by atoms with Crippen molar-refractivity contribution in [2.24, 2.45) is 11.8 Å². The van der Waals surface area contributed by atoms with Crippen LogP contribution in [0.5, 0.6) is 0 Å². The number of amides is 4. The highest BCUT2D eigenvalue weighted by atomic mass is 16.2. The smallest absolute Gasteiger partial charge is 0.253 e. The first-order valence-corrected chi connectivity index (χ1v) is 12.3. The molecule has 2 aromatic rings. The van der Waals surface area contributed by atoms with Gasteiger partial charge >= 0.3 is 0 Å². The third-order valence-corrected chi connectivity index (χ3v) is 7.22. The van der Waals surface area contributed by atoms with Gasteiger partial charge in [0.2, 0.25) is 11.8 Å². The van der Waals surface area contributed by atoms with E-state index in [4.69, 9.17) is 0 Å². The monoisotopic (exact) mass is 474 g/mol. The normalized spacial score (nSPS) is 22.1. The summed E-state index contributed by atoms with van der Waals surface area (Å²) < 4.78 is 0. The first kappa shape index (κ1) is 23.1. The Morgan fingerprint density at radius 1 is 0.486 bits per heavy atom. The highest BCUT2D eigenvalue weighted by Crippen LogP contribution is 2.41. The van der Waals surface area contributed by atoms with Gasteiger partial charge in [-0.3, -0.25) is 19.2 Å². The zero-order valence-corrected chi connectivity index (χ0v) is 19.7. The molecule has 0 N–H and O–H groups in total. The lowest BCUT2D eigenvalue weighted by Gasteiger charge is -2.36. The summed E-state index contributed by atoms with van der Waals surface area (Å²) >= 11 is 0. The van der Waals surface area contributed by atoms with Crippen LogP contribution in [0.3, 0.4) is 0 Å². The van der Waals surface area contributed by atoms with Crippen molar-refractivity contribution >= 4 is 23.6 Å². The fraction of sp³-hybridized carbons (Fsp3) is 0.407. The first-order valence-electron chi connectivity index (χ1n) is 12.3. The SMILES string of the molecule is O=C(c1ccccc1)N1CCN(C(=O)C2CC2C(=O)N2CCN(C(=O)c3ccccc3)CC2)CC1. The van der Waals surface area contributed by atoms with Gasteiger partial charge in [-0.25, -0.2) is 0 Å². The molecule has 3 aliphatic rings. The van der Waals surface area contributed by atoms with Crippen LogP contribution < -0.4 is 0 Å². The summed E-state index contributed by atoms with van der Waals surface area (Å²) in [5.41, 5.74) is 1.32. The predicted octanol–water partition coefficient (Wildman–Crippen LogP) is 1.59. The van der Waals surface area contributed by atoms with Crippen molar-refractivity contribution in [1.82, 2.24) is 19.6 Å². The van der Waals surface area contributed by atoms with E-state index in [0.717, 1.165) is 0 Å². The minimum atomic E-state index is -0.261. The number of hydrogen-bond donors (Lipinski definition) is 0. The molecule has 0 spiro atoms. The van der Waals surface area contributed by atoms with Gasteiger partial charge in [0, 0.05) is 63.5 Å². The van der Waals surface area contributed by atoms with Gasteiger partial charge in [0.05, 0.1) is 11.8 Å². The summed E-state index contributed by atoms with van der Waals surface area (Å²) in [7, 11) is 0. The molecule has 0 aromatic heterocycles. The molecule has 35 heavy (non-hydrogen) atoms. The van der Waals surface area contributed by atoms with Crippen LogP contribution in [-0.2, 0) is 9.59 Å². The summed E-state index contributed by atoms with van der Waals surface area (Å²) in [4.78, 5) is 58.4. The molecule has 2 aliphatic heterocycles. The van der Waals surface area contributed by atoms with Crippen molar-refractivity contribution in [2.75, 3.05) is 52.4 Å². The van der Waals surface area contributed by atoms with Crippen LogP contribution in [0.1, 0.15) is 27.1 Å². The lowest BCUT2D eigenvalue weighted by Crippen LogP contribution is -2.52. The van der Waals surface area contributed by atoms with E-state index in [1.807, 2.05) is 36.4 Å². The van der Waals surface area contributed by atoms with Crippen molar-refractivity contribution in [3.8, 4) is 0 Å². The quantitative estimate of drug-likeness (QED) is 0.674. The maximum Gasteiger partial charge on any atom is 0.253 e. The minimum Gasteiger partial charge on any atom is -0.339 e. The Morgan fingerprint density at radius 3 is 1.14 bits per heavy atom. The molecule has 0 radical (unpaired) electrons. The Balaban J connectivity index is 1.08. The highest BCUT2D eigenvalue weighted by Gasteiger charge is 2.51. The molecule has 1 aliphatic carbocycles. The molecule has 0 bridgehead atoms. The second kappa shape index (κ2) is 9.90. The van der Waals surface area contributed by atoms with Crippen molar-refractivity contribution < 1.29 is 19.2 Å². The molecule has 8 heteroatoms. The molecule has 2 saturated heterocycles. The van der Waals surface area contributed by atoms with Crippen LogP contribution in [0.2, 0.25) is 0 Å². The van der Waals surface area contributed by atoms with Gasteiger partial charge in [0.1, 0.15) is 0 Å². The standard InChI is InChI=1S/C27H30N4O4/c32-24(20-7-3-1-4-8-20)28-11-15-30(16-12-28)26(34)22-19-23(22)27(35)31-17-13-29(14-18-31)25(33)21-9-5-2-6-10-21/h1-10,22-23H,11-19H2. The summed E-state index contributed by atoms with van der Waals surface area (Å²) in [6.07, 6.45) is 0.587. The van der Waals surface area contributed by atoms with Crippen LogP contribution in [-0.4, -0.2) is 95.6 Å². The van der Waals surface area contributed by atoms with Crippen LogP contribution in [0.15, 0.2) is 60.7 Å². The Morgan fingerprint density at radius 2 is 0.800 bits per heavy atom. The number of benzene rings is 2. The first-order chi connectivity index (χ1) is 17.0. The van der Waals surface area contributed by atoms with E-state index in [0.29, 0.717) is 69.9 Å². The van der Waals surface area contributed by atoms with Gasteiger partial charge in [0.25, 0.3) is 11.8 Å². The van der Waals surface area contributed by atoms with Crippen molar-refractivity contribution in [3.63, 3.8) is 0 Å². The van der Waals surface area contributed by atoms with Gasteiger partial charge < -0.3 is 19.6 Å². The van der Waals surface area contributed by atoms with E-state index in [2.05, 4.69) is 0 Å². The molecule has 4 amide bonds. The van der Waals surface area contributed by atoms with Crippen molar-refractivity contribution in [1.29, 1.82) is 0 Å². The van der Waals surface area contributed by atoms with Crippen LogP contribution in [0.4, 0.5) is 0 Å². The van der Waals surface area contributed by atoms with Gasteiger partial charge in [0.15, 0.2) is 0 Å². The molecule has 8 nitrogen and oxygen atoms in total. The molecule has 3 fully saturated rings. The summed E-state index contributed by atoms with van der Waals surface area (Å²) in [5, 5.41) is 0. The lowest BCUT2D eigenvalue weighted by atomic mass is 10.1. The van der Waals surface area contributed by atoms with Gasteiger partial charge in [-0.05, 0) is 30.7 Å². The fourth-order valence-corrected chi connectivity index (χ4v) is 5.00. The summed E-state index contributed by atoms with van der Waals surface area (Å²) in [6, 6.07) is 18.4. The third-order valence-electron chi connectivity index (χ3n) is 7.22. The molecular weight excluding hydrogens is 444 g/mol. The van der Waals surface area contributed by atoms with Crippen molar-refractivity contribution in [3.05, 3.63) is 71.8 Å². The van der Waals surface area contributed by atoms with E-state index in [9.17, 15) is 19.2 Å². The maximum absolute atomic E-state index is 13.0. The zero-order valence-electron chi connectivity index (χ0n) is 19.7. The summed E-state index contributed by atoms with van der Waals surface area (Å²) in [5.74, 6) is -0.504. The topological polar surface area (TPSA) is 81.2 Å². The Labute approximate surface area is 205 Å². The van der Waals surface area contributed by atoms with Gasteiger partial charge in [-0.15, -0.1) is 0 Å².